The number of para-hydroxylation sites is 1. The first-order chi connectivity index (χ1) is 24.6. The summed E-state index contributed by atoms with van der Waals surface area (Å²) in [6.07, 6.45) is 0. The van der Waals surface area contributed by atoms with Gasteiger partial charge in [-0.3, -0.25) is 0 Å². The molecular formula is C49H37N. The van der Waals surface area contributed by atoms with Crippen LogP contribution in [0.2, 0.25) is 0 Å². The fraction of sp³-hybridized carbons (Fsp3) is 0.0612. The molecule has 0 N–H and O–H groups in total. The van der Waals surface area contributed by atoms with Gasteiger partial charge in [-0.05, 0) is 109 Å². The van der Waals surface area contributed by atoms with Crippen molar-refractivity contribution < 1.29 is 0 Å². The number of fused-ring (bicyclic) bond motifs is 4. The smallest absolute Gasteiger partial charge is 0.0462 e. The summed E-state index contributed by atoms with van der Waals surface area (Å²) in [6, 6.07) is 68.4. The number of hydrogen-bond acceptors (Lipinski definition) is 1. The van der Waals surface area contributed by atoms with E-state index in [-0.39, 0.29) is 5.41 Å². The lowest BCUT2D eigenvalue weighted by Gasteiger charge is -2.27. The minimum Gasteiger partial charge on any atom is -0.311 e. The highest BCUT2D eigenvalue weighted by Crippen LogP contribution is 2.52. The number of anilines is 3. The zero-order valence-corrected chi connectivity index (χ0v) is 28.3. The lowest BCUT2D eigenvalue weighted by molar-refractivity contribution is 0.662. The van der Waals surface area contributed by atoms with Crippen LogP contribution in [0.5, 0.6) is 0 Å². The van der Waals surface area contributed by atoms with Crippen molar-refractivity contribution in [2.75, 3.05) is 4.90 Å². The van der Waals surface area contributed by atoms with E-state index >= 15 is 0 Å². The van der Waals surface area contributed by atoms with Crippen molar-refractivity contribution in [1.29, 1.82) is 0 Å². The van der Waals surface area contributed by atoms with Crippen molar-refractivity contribution in [2.24, 2.45) is 0 Å². The average molecular weight is 640 g/mol. The zero-order chi connectivity index (χ0) is 33.7. The third-order valence-corrected chi connectivity index (χ3v) is 10.5. The summed E-state index contributed by atoms with van der Waals surface area (Å²) in [5.41, 5.74) is 16.3. The van der Waals surface area contributed by atoms with Crippen LogP contribution in [-0.4, -0.2) is 0 Å². The third-order valence-electron chi connectivity index (χ3n) is 10.5. The molecule has 0 bridgehead atoms. The van der Waals surface area contributed by atoms with Crippen LogP contribution in [0.3, 0.4) is 0 Å². The van der Waals surface area contributed by atoms with Crippen molar-refractivity contribution in [3.63, 3.8) is 0 Å². The Balaban J connectivity index is 1.06. The molecule has 0 fully saturated rings. The maximum absolute atomic E-state index is 2.36. The molecule has 238 valence electrons. The molecule has 0 heterocycles. The zero-order valence-electron chi connectivity index (χ0n) is 28.3. The number of hydrogen-bond donors (Lipinski definition) is 0. The molecule has 8 aromatic carbocycles. The molecule has 0 aromatic heterocycles. The van der Waals surface area contributed by atoms with E-state index < -0.39 is 0 Å². The van der Waals surface area contributed by atoms with E-state index in [0.717, 1.165) is 17.1 Å². The molecule has 1 aliphatic carbocycles. The normalized spacial score (nSPS) is 12.8. The number of nitrogens with zero attached hydrogens (tertiary/aromatic N) is 1. The third kappa shape index (κ3) is 5.02. The van der Waals surface area contributed by atoms with Gasteiger partial charge >= 0.3 is 0 Å². The van der Waals surface area contributed by atoms with Crippen LogP contribution >= 0.6 is 0 Å². The molecule has 0 saturated carbocycles. The molecule has 0 atom stereocenters. The quantitative estimate of drug-likeness (QED) is 0.175. The fourth-order valence-electron chi connectivity index (χ4n) is 8.05. The van der Waals surface area contributed by atoms with Crippen molar-refractivity contribution in [3.05, 3.63) is 199 Å². The maximum atomic E-state index is 2.36. The molecule has 8 aromatic rings. The molecule has 1 aliphatic rings. The highest BCUT2D eigenvalue weighted by molar-refractivity contribution is 5.97. The van der Waals surface area contributed by atoms with Crippen molar-refractivity contribution in [2.45, 2.75) is 19.3 Å². The van der Waals surface area contributed by atoms with E-state index in [9.17, 15) is 0 Å². The van der Waals surface area contributed by atoms with Gasteiger partial charge in [0.05, 0.1) is 0 Å². The molecular weight excluding hydrogens is 603 g/mol. The van der Waals surface area contributed by atoms with Crippen LogP contribution in [0.25, 0.3) is 55.3 Å². The summed E-state index contributed by atoms with van der Waals surface area (Å²) in [5.74, 6) is 0. The Morgan fingerprint density at radius 3 is 1.70 bits per heavy atom. The molecule has 1 heteroatoms. The standard InChI is InChI=1S/C49H37N/c1-49(2)47-24-9-8-20-45(47)46-23-12-22-44(48(46)49)36-27-31-41(32-28-36)50(39-17-4-3-5-18-39)40-29-25-34(26-30-40)37-15-10-16-38(33-37)43-21-11-14-35-13-6-7-19-42(35)43/h3-33H,1-2H3. The Hall–Kier alpha value is -6.18. The van der Waals surface area contributed by atoms with E-state index in [2.05, 4.69) is 207 Å². The summed E-state index contributed by atoms with van der Waals surface area (Å²) >= 11 is 0. The van der Waals surface area contributed by atoms with Crippen LogP contribution in [0.4, 0.5) is 17.1 Å². The predicted octanol–water partition coefficient (Wildman–Crippen LogP) is 13.6. The Bertz CT molecular complexity index is 2480. The highest BCUT2D eigenvalue weighted by atomic mass is 15.1. The minimum absolute atomic E-state index is 0.0621. The van der Waals surface area contributed by atoms with Crippen LogP contribution in [0.15, 0.2) is 188 Å². The first kappa shape index (κ1) is 29.9. The average Bonchev–Trinajstić information content (AvgIpc) is 3.42. The second kappa shape index (κ2) is 12.1. The lowest BCUT2D eigenvalue weighted by atomic mass is 9.79. The predicted molar refractivity (Wildman–Crippen MR) is 213 cm³/mol. The molecule has 0 amide bonds. The van der Waals surface area contributed by atoms with Crippen molar-refractivity contribution >= 4 is 27.8 Å². The Kier molecular flexibility index (Phi) is 7.21. The van der Waals surface area contributed by atoms with Gasteiger partial charge in [-0.1, -0.05) is 159 Å². The fourth-order valence-corrected chi connectivity index (χ4v) is 8.05. The van der Waals surface area contributed by atoms with Gasteiger partial charge in [-0.2, -0.15) is 0 Å². The van der Waals surface area contributed by atoms with Crippen LogP contribution in [0, 0.1) is 0 Å². The maximum Gasteiger partial charge on any atom is 0.0462 e. The van der Waals surface area contributed by atoms with E-state index in [1.54, 1.807) is 0 Å². The van der Waals surface area contributed by atoms with Gasteiger partial charge in [0.15, 0.2) is 0 Å². The molecule has 0 radical (unpaired) electrons. The Labute approximate surface area is 294 Å². The molecule has 9 rings (SSSR count). The number of rotatable bonds is 6. The summed E-state index contributed by atoms with van der Waals surface area (Å²) in [7, 11) is 0. The summed E-state index contributed by atoms with van der Waals surface area (Å²) in [4.78, 5) is 2.34. The van der Waals surface area contributed by atoms with Crippen LogP contribution in [-0.2, 0) is 5.41 Å². The van der Waals surface area contributed by atoms with Crippen LogP contribution < -0.4 is 4.90 Å². The minimum atomic E-state index is -0.0621. The first-order valence-corrected chi connectivity index (χ1v) is 17.4. The van der Waals surface area contributed by atoms with Crippen molar-refractivity contribution in [3.8, 4) is 44.5 Å². The highest BCUT2D eigenvalue weighted by Gasteiger charge is 2.37. The van der Waals surface area contributed by atoms with Crippen molar-refractivity contribution in [1.82, 2.24) is 0 Å². The topological polar surface area (TPSA) is 3.24 Å². The molecule has 1 nitrogen and oxygen atoms in total. The molecule has 0 spiro atoms. The first-order valence-electron chi connectivity index (χ1n) is 17.4. The summed E-state index contributed by atoms with van der Waals surface area (Å²) < 4.78 is 0. The lowest BCUT2D eigenvalue weighted by Crippen LogP contribution is -2.16. The van der Waals surface area contributed by atoms with E-state index in [1.807, 2.05) is 0 Å². The van der Waals surface area contributed by atoms with Gasteiger partial charge in [0.2, 0.25) is 0 Å². The van der Waals surface area contributed by atoms with E-state index in [1.165, 1.54) is 66.4 Å². The monoisotopic (exact) mass is 639 g/mol. The van der Waals surface area contributed by atoms with Gasteiger partial charge in [0.25, 0.3) is 0 Å². The van der Waals surface area contributed by atoms with Gasteiger partial charge < -0.3 is 4.90 Å². The van der Waals surface area contributed by atoms with Gasteiger partial charge in [0, 0.05) is 22.5 Å². The molecule has 0 aliphatic heterocycles. The SMILES string of the molecule is CC1(C)c2ccccc2-c2cccc(-c3ccc(N(c4ccccc4)c4ccc(-c5cccc(-c6cccc7ccccc67)c5)cc4)cc3)c21. The van der Waals surface area contributed by atoms with Gasteiger partial charge in [0.1, 0.15) is 0 Å². The summed E-state index contributed by atoms with van der Waals surface area (Å²) in [6.45, 7) is 4.71. The second-order valence-electron chi connectivity index (χ2n) is 13.8. The van der Waals surface area contributed by atoms with E-state index in [4.69, 9.17) is 0 Å². The Morgan fingerprint density at radius 2 is 0.900 bits per heavy atom. The molecule has 0 unspecified atom stereocenters. The second-order valence-corrected chi connectivity index (χ2v) is 13.8. The Morgan fingerprint density at radius 1 is 0.360 bits per heavy atom. The molecule has 50 heavy (non-hydrogen) atoms. The van der Waals surface area contributed by atoms with Crippen LogP contribution in [0.1, 0.15) is 25.0 Å². The van der Waals surface area contributed by atoms with Gasteiger partial charge in [-0.25, -0.2) is 0 Å². The largest absolute Gasteiger partial charge is 0.311 e. The number of benzene rings is 8. The summed E-state index contributed by atoms with van der Waals surface area (Å²) in [5, 5.41) is 2.54. The van der Waals surface area contributed by atoms with Gasteiger partial charge in [-0.15, -0.1) is 0 Å². The molecule has 0 saturated heterocycles. The van der Waals surface area contributed by atoms with E-state index in [0.29, 0.717) is 0 Å².